The molecule has 2 aromatic rings. The molecule has 0 fully saturated rings. The highest BCUT2D eigenvalue weighted by atomic mass is 16.5. The van der Waals surface area contributed by atoms with E-state index in [1.165, 1.54) is 0 Å². The summed E-state index contributed by atoms with van der Waals surface area (Å²) in [4.78, 5) is 4.21. The van der Waals surface area contributed by atoms with Gasteiger partial charge >= 0.3 is 0 Å². The van der Waals surface area contributed by atoms with Crippen molar-refractivity contribution in [2.45, 2.75) is 26.4 Å². The van der Waals surface area contributed by atoms with Crippen molar-refractivity contribution in [3.63, 3.8) is 0 Å². The third kappa shape index (κ3) is 7.61. The van der Waals surface area contributed by atoms with Crippen LogP contribution in [0.25, 0.3) is 0 Å². The van der Waals surface area contributed by atoms with Crippen LogP contribution in [-0.4, -0.2) is 39.3 Å². The number of furan rings is 1. The van der Waals surface area contributed by atoms with E-state index < -0.39 is 0 Å². The lowest BCUT2D eigenvalue weighted by atomic mass is 10.2. The highest BCUT2D eigenvalue weighted by molar-refractivity contribution is 5.79. The summed E-state index contributed by atoms with van der Waals surface area (Å²) in [5, 5.41) is 6.56. The van der Waals surface area contributed by atoms with Gasteiger partial charge in [0.25, 0.3) is 0 Å². The molecule has 0 spiro atoms. The Labute approximate surface area is 155 Å². The monoisotopic (exact) mass is 359 g/mol. The van der Waals surface area contributed by atoms with E-state index in [-0.39, 0.29) is 0 Å². The Bertz CT molecular complexity index is 642. The summed E-state index contributed by atoms with van der Waals surface area (Å²) in [6.45, 7) is 5.53. The van der Waals surface area contributed by atoms with Crippen molar-refractivity contribution >= 4 is 5.96 Å². The molecule has 1 heterocycles. The van der Waals surface area contributed by atoms with E-state index in [0.717, 1.165) is 49.0 Å². The molecule has 6 nitrogen and oxygen atoms in total. The third-order valence-corrected chi connectivity index (χ3v) is 3.77. The average Bonchev–Trinajstić information content (AvgIpc) is 3.17. The van der Waals surface area contributed by atoms with Crippen molar-refractivity contribution in [2.24, 2.45) is 4.99 Å². The number of para-hydroxylation sites is 1. The predicted octanol–water partition coefficient (Wildman–Crippen LogP) is 3.13. The minimum Gasteiger partial charge on any atom is -0.493 e. The quantitative estimate of drug-likeness (QED) is 0.366. The number of ether oxygens (including phenoxy) is 2. The van der Waals surface area contributed by atoms with Crippen LogP contribution in [0, 0.1) is 6.92 Å². The number of aliphatic imine (C=N–C) groups is 1. The molecule has 6 heteroatoms. The van der Waals surface area contributed by atoms with Crippen molar-refractivity contribution < 1.29 is 13.9 Å². The molecule has 0 amide bonds. The van der Waals surface area contributed by atoms with Crippen molar-refractivity contribution in [1.29, 1.82) is 0 Å². The molecule has 2 rings (SSSR count). The second-order valence-corrected chi connectivity index (χ2v) is 5.88. The molecule has 1 aromatic carbocycles. The molecule has 0 radical (unpaired) electrons. The summed E-state index contributed by atoms with van der Waals surface area (Å²) in [5.41, 5.74) is 1.16. The van der Waals surface area contributed by atoms with Gasteiger partial charge in [-0.1, -0.05) is 18.2 Å². The van der Waals surface area contributed by atoms with E-state index in [4.69, 9.17) is 13.9 Å². The average molecular weight is 359 g/mol. The molecule has 0 aliphatic carbocycles. The van der Waals surface area contributed by atoms with Gasteiger partial charge in [0.1, 0.15) is 18.1 Å². The molecule has 1 aromatic heterocycles. The molecule has 0 atom stereocenters. The second kappa shape index (κ2) is 12.0. The molecule has 0 bridgehead atoms. The lowest BCUT2D eigenvalue weighted by Crippen LogP contribution is -2.38. The molecule has 0 aliphatic rings. The smallest absolute Gasteiger partial charge is 0.190 e. The molecule has 0 aliphatic heterocycles. The predicted molar refractivity (Wildman–Crippen MR) is 104 cm³/mol. The fraction of sp³-hybridized carbons (Fsp3) is 0.450. The molecule has 0 unspecified atom stereocenters. The lowest BCUT2D eigenvalue weighted by molar-refractivity contribution is 0.105. The molecule has 2 N–H and O–H groups in total. The van der Waals surface area contributed by atoms with Crippen LogP contribution >= 0.6 is 0 Å². The Hall–Kier alpha value is -2.47. The Morgan fingerprint density at radius 2 is 1.81 bits per heavy atom. The number of hydrogen-bond donors (Lipinski definition) is 2. The van der Waals surface area contributed by atoms with Crippen LogP contribution in [0.15, 0.2) is 52.1 Å². The Balaban J connectivity index is 1.48. The second-order valence-electron chi connectivity index (χ2n) is 5.88. The number of benzene rings is 1. The van der Waals surface area contributed by atoms with Crippen LogP contribution in [0.2, 0.25) is 0 Å². The van der Waals surface area contributed by atoms with Gasteiger partial charge in [-0.3, -0.25) is 4.99 Å². The maximum absolute atomic E-state index is 5.78. The van der Waals surface area contributed by atoms with Gasteiger partial charge in [-0.2, -0.15) is 0 Å². The maximum Gasteiger partial charge on any atom is 0.190 e. The van der Waals surface area contributed by atoms with Gasteiger partial charge in [-0.05, 0) is 43.5 Å². The van der Waals surface area contributed by atoms with Crippen LogP contribution < -0.4 is 15.4 Å². The van der Waals surface area contributed by atoms with E-state index in [9.17, 15) is 0 Å². The van der Waals surface area contributed by atoms with Gasteiger partial charge in [0.2, 0.25) is 0 Å². The molecule has 142 valence electrons. The maximum atomic E-state index is 5.78. The van der Waals surface area contributed by atoms with Crippen LogP contribution in [0.1, 0.15) is 24.2 Å². The third-order valence-electron chi connectivity index (χ3n) is 3.77. The van der Waals surface area contributed by atoms with Gasteiger partial charge < -0.3 is 24.5 Å². The first kappa shape index (κ1) is 19.8. The van der Waals surface area contributed by atoms with E-state index >= 15 is 0 Å². The Kier molecular flexibility index (Phi) is 9.14. The van der Waals surface area contributed by atoms with Gasteiger partial charge in [0.15, 0.2) is 5.96 Å². The highest BCUT2D eigenvalue weighted by Gasteiger charge is 2.00. The Morgan fingerprint density at radius 3 is 2.50 bits per heavy atom. The first-order valence-corrected chi connectivity index (χ1v) is 9.02. The van der Waals surface area contributed by atoms with E-state index in [1.54, 1.807) is 13.3 Å². The summed E-state index contributed by atoms with van der Waals surface area (Å²) in [6.07, 6.45) is 3.46. The highest BCUT2D eigenvalue weighted by Crippen LogP contribution is 2.15. The molecule has 0 saturated heterocycles. The molecule has 0 saturated carbocycles. The SMILES string of the molecule is CN=C(NCCCOCc1ccco1)NCCCOc1ccccc1C. The first-order chi connectivity index (χ1) is 12.8. The number of aryl methyl sites for hydroxylation is 1. The number of nitrogens with one attached hydrogen (secondary N) is 2. The summed E-state index contributed by atoms with van der Waals surface area (Å²) in [7, 11) is 1.77. The number of nitrogens with zero attached hydrogens (tertiary/aromatic N) is 1. The van der Waals surface area contributed by atoms with Gasteiger partial charge in [0, 0.05) is 26.7 Å². The molecular weight excluding hydrogens is 330 g/mol. The minimum atomic E-state index is 0.515. The number of rotatable bonds is 11. The molecular formula is C20H29N3O3. The van der Waals surface area contributed by atoms with Crippen LogP contribution in [-0.2, 0) is 11.3 Å². The summed E-state index contributed by atoms with van der Waals surface area (Å²) >= 11 is 0. The van der Waals surface area contributed by atoms with Crippen molar-refractivity contribution in [2.75, 3.05) is 33.4 Å². The van der Waals surface area contributed by atoms with E-state index in [2.05, 4.69) is 28.6 Å². The van der Waals surface area contributed by atoms with Crippen molar-refractivity contribution in [1.82, 2.24) is 10.6 Å². The van der Waals surface area contributed by atoms with Crippen molar-refractivity contribution in [3.8, 4) is 5.75 Å². The number of hydrogen-bond acceptors (Lipinski definition) is 4. The largest absolute Gasteiger partial charge is 0.493 e. The minimum absolute atomic E-state index is 0.515. The van der Waals surface area contributed by atoms with Crippen LogP contribution in [0.5, 0.6) is 5.75 Å². The summed E-state index contributed by atoms with van der Waals surface area (Å²) < 4.78 is 16.5. The van der Waals surface area contributed by atoms with Crippen LogP contribution in [0.4, 0.5) is 0 Å². The first-order valence-electron chi connectivity index (χ1n) is 9.02. The van der Waals surface area contributed by atoms with E-state index in [0.29, 0.717) is 19.8 Å². The topological polar surface area (TPSA) is 68.0 Å². The normalized spacial score (nSPS) is 11.4. The van der Waals surface area contributed by atoms with Crippen LogP contribution in [0.3, 0.4) is 0 Å². The zero-order valence-electron chi connectivity index (χ0n) is 15.7. The Morgan fingerprint density at radius 1 is 1.04 bits per heavy atom. The van der Waals surface area contributed by atoms with Crippen molar-refractivity contribution in [3.05, 3.63) is 54.0 Å². The summed E-state index contributed by atoms with van der Waals surface area (Å²) in [5.74, 6) is 2.60. The molecule has 26 heavy (non-hydrogen) atoms. The van der Waals surface area contributed by atoms with Gasteiger partial charge in [0.05, 0.1) is 12.9 Å². The van der Waals surface area contributed by atoms with Gasteiger partial charge in [-0.25, -0.2) is 0 Å². The fourth-order valence-corrected chi connectivity index (χ4v) is 2.35. The van der Waals surface area contributed by atoms with E-state index in [1.807, 2.05) is 30.3 Å². The summed E-state index contributed by atoms with van der Waals surface area (Å²) in [6, 6.07) is 11.8. The van der Waals surface area contributed by atoms with Gasteiger partial charge in [-0.15, -0.1) is 0 Å². The standard InChI is InChI=1S/C20H29N3O3/c1-17-8-3-4-10-19(17)26-15-7-12-23-20(21-2)22-11-6-13-24-16-18-9-5-14-25-18/h3-5,8-10,14H,6-7,11-13,15-16H2,1-2H3,(H2,21,22,23). The zero-order chi connectivity index (χ0) is 18.5. The lowest BCUT2D eigenvalue weighted by Gasteiger charge is -2.12. The fourth-order valence-electron chi connectivity index (χ4n) is 2.35. The zero-order valence-corrected chi connectivity index (χ0v) is 15.7. The number of guanidine groups is 1.